The Morgan fingerprint density at radius 1 is 1.37 bits per heavy atom. The van der Waals surface area contributed by atoms with Crippen LogP contribution in [0.2, 0.25) is 0 Å². The molecular weight excluding hydrogens is 252 g/mol. The third-order valence-corrected chi connectivity index (χ3v) is 2.29. The van der Waals surface area contributed by atoms with Crippen LogP contribution >= 0.6 is 0 Å². The molecule has 19 heavy (non-hydrogen) atoms. The number of carbonyl (C=O) groups excluding carboxylic acids is 1. The summed E-state index contributed by atoms with van der Waals surface area (Å²) in [6, 6.07) is 3.11. The molecule has 0 aromatic carbocycles. The number of aliphatic carboxylic acids is 1. The Morgan fingerprint density at radius 3 is 2.79 bits per heavy atom. The molecule has 0 bridgehead atoms. The van der Waals surface area contributed by atoms with Gasteiger partial charge in [0.1, 0.15) is 19.5 Å². The van der Waals surface area contributed by atoms with Crippen molar-refractivity contribution in [3.63, 3.8) is 0 Å². The van der Waals surface area contributed by atoms with Gasteiger partial charge in [0.05, 0.1) is 24.0 Å². The van der Waals surface area contributed by atoms with Crippen LogP contribution in [0.3, 0.4) is 0 Å². The Kier molecular flexibility index (Phi) is 3.97. The molecule has 0 saturated heterocycles. The molecule has 2 N–H and O–H groups in total. The molecule has 0 atom stereocenters. The summed E-state index contributed by atoms with van der Waals surface area (Å²) in [6.07, 6.45) is 2.49. The second-order valence-corrected chi connectivity index (χ2v) is 3.76. The summed E-state index contributed by atoms with van der Waals surface area (Å²) in [5.74, 6) is -1.30. The predicted octanol–water partition coefficient (Wildman–Crippen LogP) is 0.535. The zero-order valence-electron chi connectivity index (χ0n) is 9.96. The van der Waals surface area contributed by atoms with E-state index in [1.165, 1.54) is 18.5 Å². The van der Waals surface area contributed by atoms with Crippen LogP contribution in [0.15, 0.2) is 30.4 Å². The molecule has 2 rings (SSSR count). The van der Waals surface area contributed by atoms with Crippen molar-refractivity contribution in [2.24, 2.45) is 0 Å². The van der Waals surface area contributed by atoms with E-state index >= 15 is 0 Å². The number of hydrogen-bond acceptors (Lipinski definition) is 5. The van der Waals surface area contributed by atoms with Crippen LogP contribution in [-0.2, 0) is 25.5 Å². The summed E-state index contributed by atoms with van der Waals surface area (Å²) in [6.45, 7) is 0.747. The van der Waals surface area contributed by atoms with Crippen molar-refractivity contribution < 1.29 is 24.2 Å². The number of hydrogen-bond donors (Lipinski definition) is 2. The highest BCUT2D eigenvalue weighted by Gasteiger charge is 2.15. The van der Waals surface area contributed by atoms with Gasteiger partial charge < -0.3 is 19.9 Å². The van der Waals surface area contributed by atoms with Gasteiger partial charge in [-0.3, -0.25) is 14.6 Å². The molecule has 0 spiro atoms. The van der Waals surface area contributed by atoms with E-state index in [4.69, 9.17) is 14.6 Å². The fraction of sp³-hybridized carbons (Fsp3) is 0.250. The fourth-order valence-corrected chi connectivity index (χ4v) is 1.44. The Bertz CT molecular complexity index is 509. The van der Waals surface area contributed by atoms with E-state index in [0.29, 0.717) is 24.6 Å². The number of aromatic nitrogens is 1. The quantitative estimate of drug-likeness (QED) is 0.823. The molecule has 100 valence electrons. The van der Waals surface area contributed by atoms with E-state index in [2.05, 4.69) is 10.3 Å². The van der Waals surface area contributed by atoms with E-state index < -0.39 is 11.9 Å². The van der Waals surface area contributed by atoms with Crippen LogP contribution in [0.25, 0.3) is 0 Å². The molecule has 7 nitrogen and oxygen atoms in total. The fourth-order valence-electron chi connectivity index (χ4n) is 1.44. The summed E-state index contributed by atoms with van der Waals surface area (Å²) in [5.41, 5.74) is 0.871. The number of nitrogens with one attached hydrogen (secondary N) is 1. The van der Waals surface area contributed by atoms with Gasteiger partial charge in [0.15, 0.2) is 0 Å². The highest BCUT2D eigenvalue weighted by Crippen LogP contribution is 2.11. The standard InChI is InChI=1S/C12H12N2O5/c15-11(16)5-8-1-2-9(6-13-8)14-12(17)10-7-18-3-4-19-10/h1-2,6-7H,3-5H2,(H,14,17)(H,15,16). The van der Waals surface area contributed by atoms with Crippen molar-refractivity contribution in [3.05, 3.63) is 36.0 Å². The van der Waals surface area contributed by atoms with Gasteiger partial charge in [0.2, 0.25) is 5.76 Å². The van der Waals surface area contributed by atoms with Crippen LogP contribution in [-0.4, -0.2) is 35.2 Å². The normalized spacial score (nSPS) is 13.8. The third-order valence-electron chi connectivity index (χ3n) is 2.29. The summed E-state index contributed by atoms with van der Waals surface area (Å²) in [5, 5.41) is 11.2. The molecule has 0 radical (unpaired) electrons. The number of anilines is 1. The highest BCUT2D eigenvalue weighted by atomic mass is 16.6. The van der Waals surface area contributed by atoms with Crippen molar-refractivity contribution in [3.8, 4) is 0 Å². The Balaban J connectivity index is 1.97. The predicted molar refractivity (Wildman–Crippen MR) is 64.2 cm³/mol. The first-order valence-corrected chi connectivity index (χ1v) is 5.58. The number of pyridine rings is 1. The van der Waals surface area contributed by atoms with Gasteiger partial charge in [-0.2, -0.15) is 0 Å². The highest BCUT2D eigenvalue weighted by molar-refractivity contribution is 6.02. The first-order valence-electron chi connectivity index (χ1n) is 5.58. The molecule has 2 heterocycles. The molecule has 0 fully saturated rings. The number of carbonyl (C=O) groups is 2. The van der Waals surface area contributed by atoms with Gasteiger partial charge in [-0.25, -0.2) is 0 Å². The minimum atomic E-state index is -0.956. The molecule has 1 aliphatic heterocycles. The number of rotatable bonds is 4. The maximum absolute atomic E-state index is 11.7. The Morgan fingerprint density at radius 2 is 2.21 bits per heavy atom. The van der Waals surface area contributed by atoms with Crippen molar-refractivity contribution in [1.29, 1.82) is 0 Å². The van der Waals surface area contributed by atoms with Crippen molar-refractivity contribution in [2.75, 3.05) is 18.5 Å². The van der Waals surface area contributed by atoms with Crippen LogP contribution in [0, 0.1) is 0 Å². The topological polar surface area (TPSA) is 97.8 Å². The molecule has 0 saturated carbocycles. The number of nitrogens with zero attached hydrogens (tertiary/aromatic N) is 1. The van der Waals surface area contributed by atoms with E-state index in [1.807, 2.05) is 0 Å². The van der Waals surface area contributed by atoms with Crippen LogP contribution in [0.5, 0.6) is 0 Å². The van der Waals surface area contributed by atoms with E-state index in [9.17, 15) is 9.59 Å². The second kappa shape index (κ2) is 5.85. The summed E-state index contributed by atoms with van der Waals surface area (Å²) in [7, 11) is 0. The molecule has 1 aliphatic rings. The average Bonchev–Trinajstić information content (AvgIpc) is 2.41. The summed E-state index contributed by atoms with van der Waals surface area (Å²) in [4.78, 5) is 26.1. The first kappa shape index (κ1) is 12.9. The van der Waals surface area contributed by atoms with Gasteiger partial charge in [0, 0.05) is 0 Å². The minimum absolute atomic E-state index is 0.0980. The SMILES string of the molecule is O=C(O)Cc1ccc(NC(=O)C2=COCCO2)cn1. The zero-order valence-corrected chi connectivity index (χ0v) is 9.96. The van der Waals surface area contributed by atoms with Gasteiger partial charge in [-0.05, 0) is 12.1 Å². The smallest absolute Gasteiger partial charge is 0.309 e. The molecule has 0 unspecified atom stereocenters. The van der Waals surface area contributed by atoms with E-state index in [-0.39, 0.29) is 12.2 Å². The summed E-state index contributed by atoms with van der Waals surface area (Å²) < 4.78 is 10.1. The van der Waals surface area contributed by atoms with Crippen molar-refractivity contribution in [1.82, 2.24) is 4.98 Å². The second-order valence-electron chi connectivity index (χ2n) is 3.76. The molecule has 1 aromatic rings. The molecule has 7 heteroatoms. The van der Waals surface area contributed by atoms with Crippen LogP contribution in [0.4, 0.5) is 5.69 Å². The number of carboxylic acids is 1. The van der Waals surface area contributed by atoms with Crippen LogP contribution in [0.1, 0.15) is 5.69 Å². The lowest BCUT2D eigenvalue weighted by molar-refractivity contribution is -0.136. The Labute approximate surface area is 108 Å². The first-order chi connectivity index (χ1) is 9.15. The molecule has 1 amide bonds. The van der Waals surface area contributed by atoms with Gasteiger partial charge in [-0.1, -0.05) is 0 Å². The Hall–Kier alpha value is -2.57. The van der Waals surface area contributed by atoms with Crippen LogP contribution < -0.4 is 5.32 Å². The van der Waals surface area contributed by atoms with E-state index in [0.717, 1.165) is 0 Å². The maximum atomic E-state index is 11.7. The molecule has 1 aromatic heterocycles. The van der Waals surface area contributed by atoms with Crippen molar-refractivity contribution >= 4 is 17.6 Å². The largest absolute Gasteiger partial charge is 0.494 e. The van der Waals surface area contributed by atoms with Crippen molar-refractivity contribution in [2.45, 2.75) is 6.42 Å². The molecular formula is C12H12N2O5. The maximum Gasteiger partial charge on any atom is 0.309 e. The third kappa shape index (κ3) is 3.70. The zero-order chi connectivity index (χ0) is 13.7. The van der Waals surface area contributed by atoms with Gasteiger partial charge in [-0.15, -0.1) is 0 Å². The number of carboxylic acid groups (broad SMARTS) is 1. The lowest BCUT2D eigenvalue weighted by Gasteiger charge is -2.14. The van der Waals surface area contributed by atoms with E-state index in [1.54, 1.807) is 6.07 Å². The molecule has 0 aliphatic carbocycles. The minimum Gasteiger partial charge on any atom is -0.494 e. The lowest BCUT2D eigenvalue weighted by atomic mass is 10.2. The summed E-state index contributed by atoms with van der Waals surface area (Å²) >= 11 is 0. The average molecular weight is 264 g/mol. The monoisotopic (exact) mass is 264 g/mol. The van der Waals surface area contributed by atoms with Gasteiger partial charge >= 0.3 is 5.97 Å². The number of ether oxygens (including phenoxy) is 2. The van der Waals surface area contributed by atoms with Gasteiger partial charge in [0.25, 0.3) is 5.91 Å². The lowest BCUT2D eigenvalue weighted by Crippen LogP contribution is -2.21. The number of amides is 1.